The second-order valence-electron chi connectivity index (χ2n) is 9.02. The van der Waals surface area contributed by atoms with Gasteiger partial charge in [0.05, 0.1) is 6.54 Å². The third-order valence-corrected chi connectivity index (χ3v) is 6.91. The predicted molar refractivity (Wildman–Crippen MR) is 112 cm³/mol. The normalized spacial score (nSPS) is 27.8. The Kier molecular flexibility index (Phi) is 5.77. The summed E-state index contributed by atoms with van der Waals surface area (Å²) in [4.78, 5) is 16.8. The van der Waals surface area contributed by atoms with E-state index in [0.717, 1.165) is 43.5 Å². The van der Waals surface area contributed by atoms with Gasteiger partial charge < -0.3 is 9.64 Å². The van der Waals surface area contributed by atoms with Gasteiger partial charge in [0, 0.05) is 31.6 Å². The van der Waals surface area contributed by atoms with E-state index in [9.17, 15) is 4.79 Å². The van der Waals surface area contributed by atoms with E-state index in [4.69, 9.17) is 4.74 Å². The van der Waals surface area contributed by atoms with Gasteiger partial charge >= 0.3 is 0 Å². The van der Waals surface area contributed by atoms with Crippen LogP contribution in [0, 0.1) is 0 Å². The van der Waals surface area contributed by atoms with E-state index in [1.54, 1.807) is 12.5 Å². The van der Waals surface area contributed by atoms with Gasteiger partial charge in [0.2, 0.25) is 5.91 Å². The number of amides is 1. The summed E-state index contributed by atoms with van der Waals surface area (Å²) in [5, 5.41) is 0. The zero-order chi connectivity index (χ0) is 19.6. The molecule has 1 aromatic carbocycles. The molecule has 1 fully saturated rings. The first-order valence-electron chi connectivity index (χ1n) is 11.0. The number of fused-ring (bicyclic) bond motifs is 1. The molecule has 1 spiro atoms. The fourth-order valence-electron chi connectivity index (χ4n) is 5.16. The minimum atomic E-state index is -0.236. The van der Waals surface area contributed by atoms with Crippen molar-refractivity contribution in [3.63, 3.8) is 0 Å². The fourth-order valence-corrected chi connectivity index (χ4v) is 5.16. The van der Waals surface area contributed by atoms with Gasteiger partial charge in [0.1, 0.15) is 11.4 Å². The van der Waals surface area contributed by atoms with Crippen LogP contribution in [0.1, 0.15) is 63.9 Å². The Bertz CT molecular complexity index is 734. The maximum atomic E-state index is 12.2. The molecule has 2 aliphatic carbocycles. The summed E-state index contributed by atoms with van der Waals surface area (Å²) >= 11 is 0. The standard InChI is InChI=1S/C24H34N2O2/c1-19(27)26-17-21-10-6-7-11-23(21)28-24(18-26)14-12-22(13-15-24)25(2)16-20-8-4-3-5-9-20/h6-8,10-11,22H,3-5,9,12-18H2,1-2H3. The minimum Gasteiger partial charge on any atom is -0.485 e. The summed E-state index contributed by atoms with van der Waals surface area (Å²) < 4.78 is 6.62. The summed E-state index contributed by atoms with van der Waals surface area (Å²) in [5.74, 6) is 1.11. The first-order chi connectivity index (χ1) is 13.5. The lowest BCUT2D eigenvalue weighted by atomic mass is 9.80. The number of benzene rings is 1. The second-order valence-corrected chi connectivity index (χ2v) is 9.02. The van der Waals surface area contributed by atoms with E-state index in [2.05, 4.69) is 30.2 Å². The number of rotatable bonds is 3. The van der Waals surface area contributed by atoms with Crippen LogP contribution in [0.3, 0.4) is 0 Å². The molecule has 0 radical (unpaired) electrons. The van der Waals surface area contributed by atoms with Crippen LogP contribution >= 0.6 is 0 Å². The highest BCUT2D eigenvalue weighted by Crippen LogP contribution is 2.39. The zero-order valence-corrected chi connectivity index (χ0v) is 17.5. The monoisotopic (exact) mass is 382 g/mol. The molecule has 0 N–H and O–H groups in total. The van der Waals surface area contributed by atoms with Crippen LogP contribution < -0.4 is 4.74 Å². The van der Waals surface area contributed by atoms with Crippen molar-refractivity contribution in [2.45, 2.75) is 76.5 Å². The van der Waals surface area contributed by atoms with Crippen LogP contribution in [-0.4, -0.2) is 47.5 Å². The van der Waals surface area contributed by atoms with E-state index >= 15 is 0 Å². The Hall–Kier alpha value is -1.81. The van der Waals surface area contributed by atoms with Crippen molar-refractivity contribution in [3.8, 4) is 5.75 Å². The molecule has 0 unspecified atom stereocenters. The second kappa shape index (κ2) is 8.28. The average molecular weight is 383 g/mol. The van der Waals surface area contributed by atoms with Crippen molar-refractivity contribution in [2.24, 2.45) is 0 Å². The summed E-state index contributed by atoms with van der Waals surface area (Å²) in [6, 6.07) is 8.83. The van der Waals surface area contributed by atoms with Gasteiger partial charge in [-0.1, -0.05) is 29.8 Å². The fraction of sp³-hybridized carbons (Fsp3) is 0.625. The molecule has 1 saturated carbocycles. The Morgan fingerprint density at radius 1 is 1.25 bits per heavy atom. The molecule has 3 aliphatic rings. The molecule has 0 aromatic heterocycles. The molecular formula is C24H34N2O2. The van der Waals surface area contributed by atoms with Gasteiger partial charge in [-0.2, -0.15) is 0 Å². The maximum Gasteiger partial charge on any atom is 0.219 e. The van der Waals surface area contributed by atoms with E-state index in [1.165, 1.54) is 25.7 Å². The molecule has 4 rings (SSSR count). The Balaban J connectivity index is 1.44. The number of hydrogen-bond acceptors (Lipinski definition) is 3. The lowest BCUT2D eigenvalue weighted by Crippen LogP contribution is -2.51. The van der Waals surface area contributed by atoms with Crippen molar-refractivity contribution in [2.75, 3.05) is 20.1 Å². The summed E-state index contributed by atoms with van der Waals surface area (Å²) in [7, 11) is 2.28. The Morgan fingerprint density at radius 3 is 2.75 bits per heavy atom. The SMILES string of the molecule is CC(=O)N1Cc2ccccc2OC2(CCC(N(C)CC3=CCCCC3)CC2)C1. The summed E-state index contributed by atoms with van der Waals surface area (Å²) in [6.07, 6.45) is 12.0. The molecule has 1 aromatic rings. The van der Waals surface area contributed by atoms with Crippen LogP contribution in [0.15, 0.2) is 35.9 Å². The molecular weight excluding hydrogens is 348 g/mol. The van der Waals surface area contributed by atoms with E-state index in [-0.39, 0.29) is 11.5 Å². The number of hydrogen-bond donors (Lipinski definition) is 0. The lowest BCUT2D eigenvalue weighted by molar-refractivity contribution is -0.132. The lowest BCUT2D eigenvalue weighted by Gasteiger charge is -2.43. The third-order valence-electron chi connectivity index (χ3n) is 6.91. The number of para-hydroxylation sites is 1. The Morgan fingerprint density at radius 2 is 2.04 bits per heavy atom. The molecule has 4 nitrogen and oxygen atoms in total. The molecule has 0 saturated heterocycles. The van der Waals surface area contributed by atoms with Crippen LogP contribution in [-0.2, 0) is 11.3 Å². The van der Waals surface area contributed by atoms with Crippen LogP contribution in [0.25, 0.3) is 0 Å². The van der Waals surface area contributed by atoms with Gasteiger partial charge in [-0.25, -0.2) is 0 Å². The molecule has 1 amide bonds. The van der Waals surface area contributed by atoms with Gasteiger partial charge in [-0.3, -0.25) is 9.69 Å². The van der Waals surface area contributed by atoms with Crippen LogP contribution in [0.5, 0.6) is 5.75 Å². The molecule has 1 heterocycles. The van der Waals surface area contributed by atoms with Gasteiger partial charge in [-0.15, -0.1) is 0 Å². The smallest absolute Gasteiger partial charge is 0.219 e. The number of nitrogens with zero attached hydrogens (tertiary/aromatic N) is 2. The van der Waals surface area contributed by atoms with Gasteiger partial charge in [-0.05, 0) is 64.5 Å². The van der Waals surface area contributed by atoms with Gasteiger partial charge in [0.25, 0.3) is 0 Å². The highest BCUT2D eigenvalue weighted by molar-refractivity contribution is 5.73. The van der Waals surface area contributed by atoms with E-state index in [0.29, 0.717) is 19.1 Å². The average Bonchev–Trinajstić information content (AvgIpc) is 2.86. The molecule has 28 heavy (non-hydrogen) atoms. The third kappa shape index (κ3) is 4.27. The summed E-state index contributed by atoms with van der Waals surface area (Å²) in [5.41, 5.74) is 2.51. The topological polar surface area (TPSA) is 32.8 Å². The number of carbonyl (C=O) groups is 1. The minimum absolute atomic E-state index is 0.142. The quantitative estimate of drug-likeness (QED) is 0.720. The van der Waals surface area contributed by atoms with Crippen LogP contribution in [0.2, 0.25) is 0 Å². The Labute approximate surface area is 169 Å². The van der Waals surface area contributed by atoms with E-state index < -0.39 is 0 Å². The maximum absolute atomic E-state index is 12.2. The molecule has 0 bridgehead atoms. The number of likely N-dealkylation sites (N-methyl/N-ethyl adjacent to an activating group) is 1. The van der Waals surface area contributed by atoms with E-state index in [1.807, 2.05) is 17.0 Å². The predicted octanol–water partition coefficient (Wildman–Crippen LogP) is 4.54. The number of carbonyl (C=O) groups excluding carboxylic acids is 1. The van der Waals surface area contributed by atoms with Crippen molar-refractivity contribution in [1.82, 2.24) is 9.80 Å². The highest BCUT2D eigenvalue weighted by atomic mass is 16.5. The molecule has 0 atom stereocenters. The first-order valence-corrected chi connectivity index (χ1v) is 11.0. The molecule has 4 heteroatoms. The largest absolute Gasteiger partial charge is 0.485 e. The zero-order valence-electron chi connectivity index (χ0n) is 17.5. The molecule has 1 aliphatic heterocycles. The van der Waals surface area contributed by atoms with Crippen molar-refractivity contribution < 1.29 is 9.53 Å². The van der Waals surface area contributed by atoms with Crippen molar-refractivity contribution in [1.29, 1.82) is 0 Å². The summed E-state index contributed by atoms with van der Waals surface area (Å²) in [6.45, 7) is 4.16. The first kappa shape index (κ1) is 19.5. The highest BCUT2D eigenvalue weighted by Gasteiger charge is 2.42. The molecule has 152 valence electrons. The van der Waals surface area contributed by atoms with Crippen molar-refractivity contribution >= 4 is 5.91 Å². The van der Waals surface area contributed by atoms with Gasteiger partial charge in [0.15, 0.2) is 0 Å². The number of ether oxygens (including phenoxy) is 1. The van der Waals surface area contributed by atoms with Crippen molar-refractivity contribution in [3.05, 3.63) is 41.5 Å². The number of allylic oxidation sites excluding steroid dienone is 1. The van der Waals surface area contributed by atoms with Crippen LogP contribution in [0.4, 0.5) is 0 Å².